The van der Waals surface area contributed by atoms with Gasteiger partial charge in [0, 0.05) is 6.42 Å². The van der Waals surface area contributed by atoms with E-state index in [1.165, 1.54) is 12.0 Å². The minimum atomic E-state index is -0.635. The van der Waals surface area contributed by atoms with Crippen LogP contribution in [0.4, 0.5) is 4.79 Å². The molecular weight excluding hydrogens is 286 g/mol. The molecule has 1 aliphatic heterocycles. The van der Waals surface area contributed by atoms with Crippen molar-refractivity contribution in [3.63, 3.8) is 0 Å². The molecule has 1 aliphatic carbocycles. The number of hydrogen-bond acceptors (Lipinski definition) is 5. The first-order valence-corrected chi connectivity index (χ1v) is 7.82. The molecule has 2 aliphatic rings. The summed E-state index contributed by atoms with van der Waals surface area (Å²) in [5, 5.41) is 0. The number of amides is 2. The van der Waals surface area contributed by atoms with E-state index in [-0.39, 0.29) is 17.8 Å². The first-order chi connectivity index (χ1) is 10.2. The van der Waals surface area contributed by atoms with Crippen LogP contribution in [0.2, 0.25) is 0 Å². The van der Waals surface area contributed by atoms with Gasteiger partial charge in [-0.1, -0.05) is 0 Å². The maximum absolute atomic E-state index is 12.4. The molecule has 1 spiro atoms. The Labute approximate surface area is 131 Å². The van der Waals surface area contributed by atoms with E-state index in [1.54, 1.807) is 20.8 Å². The molecule has 0 atom stereocenters. The molecular formula is C16H25NO5. The molecule has 0 radical (unpaired) electrons. The molecule has 1 heterocycles. The van der Waals surface area contributed by atoms with Crippen molar-refractivity contribution in [1.82, 2.24) is 4.90 Å². The molecule has 6 heteroatoms. The third-order valence-corrected chi connectivity index (χ3v) is 4.55. The third-order valence-electron chi connectivity index (χ3n) is 4.55. The topological polar surface area (TPSA) is 72.9 Å². The van der Waals surface area contributed by atoms with Crippen molar-refractivity contribution < 1.29 is 23.9 Å². The van der Waals surface area contributed by atoms with Crippen molar-refractivity contribution >= 4 is 18.0 Å². The Balaban J connectivity index is 2.11. The number of carbonyl (C=O) groups is 3. The standard InChI is InChI=1S/C16H25NO5/c1-15(2,3)22-14(20)17-12(18)7-10-16(17)8-5-11(6-9-16)13(19)21-4/h11H,5-10H2,1-4H3/t11-,16-. The number of imide groups is 1. The number of methoxy groups -OCH3 is 1. The molecule has 124 valence electrons. The Morgan fingerprint density at radius 1 is 1.18 bits per heavy atom. The van der Waals surface area contributed by atoms with Gasteiger partial charge < -0.3 is 9.47 Å². The normalized spacial score (nSPS) is 28.8. The number of hydrogen-bond donors (Lipinski definition) is 0. The van der Waals surface area contributed by atoms with Crippen molar-refractivity contribution in [1.29, 1.82) is 0 Å². The average molecular weight is 311 g/mol. The monoisotopic (exact) mass is 311 g/mol. The Kier molecular flexibility index (Phi) is 4.49. The number of nitrogens with zero attached hydrogens (tertiary/aromatic N) is 1. The second-order valence-corrected chi connectivity index (χ2v) is 7.23. The molecule has 6 nitrogen and oxygen atoms in total. The van der Waals surface area contributed by atoms with E-state index >= 15 is 0 Å². The lowest BCUT2D eigenvalue weighted by molar-refractivity contribution is -0.147. The molecule has 0 aromatic rings. The minimum absolute atomic E-state index is 0.133. The summed E-state index contributed by atoms with van der Waals surface area (Å²) in [6.07, 6.45) is 3.00. The van der Waals surface area contributed by atoms with Crippen LogP contribution in [0, 0.1) is 5.92 Å². The zero-order chi connectivity index (χ0) is 16.5. The van der Waals surface area contributed by atoms with Crippen molar-refractivity contribution in [2.75, 3.05) is 7.11 Å². The average Bonchev–Trinajstić information content (AvgIpc) is 2.74. The van der Waals surface area contributed by atoms with E-state index in [4.69, 9.17) is 9.47 Å². The Hall–Kier alpha value is -1.59. The molecule has 2 amide bonds. The fourth-order valence-electron chi connectivity index (χ4n) is 3.46. The predicted octanol–water partition coefficient (Wildman–Crippen LogP) is 2.65. The largest absolute Gasteiger partial charge is 0.469 e. The van der Waals surface area contributed by atoms with Gasteiger partial charge in [-0.3, -0.25) is 9.59 Å². The Bertz CT molecular complexity index is 471. The zero-order valence-corrected chi connectivity index (χ0v) is 13.8. The lowest BCUT2D eigenvalue weighted by atomic mass is 9.75. The molecule has 0 aromatic heterocycles. The van der Waals surface area contributed by atoms with Crippen molar-refractivity contribution in [2.24, 2.45) is 5.92 Å². The maximum Gasteiger partial charge on any atom is 0.417 e. The van der Waals surface area contributed by atoms with Gasteiger partial charge in [-0.25, -0.2) is 9.69 Å². The van der Waals surface area contributed by atoms with Gasteiger partial charge in [0.2, 0.25) is 5.91 Å². The highest BCUT2D eigenvalue weighted by atomic mass is 16.6. The highest BCUT2D eigenvalue weighted by molar-refractivity contribution is 5.95. The van der Waals surface area contributed by atoms with E-state index in [0.717, 1.165) is 0 Å². The Morgan fingerprint density at radius 2 is 1.77 bits per heavy atom. The summed E-state index contributed by atoms with van der Waals surface area (Å²) in [5.74, 6) is -0.513. The molecule has 0 unspecified atom stereocenters. The SMILES string of the molecule is COC(=O)[C@H]1CC[C@@]2(CCC(=O)N2C(=O)OC(C)(C)C)CC1. The first-order valence-electron chi connectivity index (χ1n) is 7.82. The highest BCUT2D eigenvalue weighted by Gasteiger charge is 2.52. The lowest BCUT2D eigenvalue weighted by Crippen LogP contribution is -2.53. The van der Waals surface area contributed by atoms with Gasteiger partial charge in [0.25, 0.3) is 0 Å². The molecule has 2 fully saturated rings. The Morgan fingerprint density at radius 3 is 2.27 bits per heavy atom. The summed E-state index contributed by atoms with van der Waals surface area (Å²) >= 11 is 0. The first kappa shape index (κ1) is 16.8. The summed E-state index contributed by atoms with van der Waals surface area (Å²) in [6, 6.07) is 0. The fourth-order valence-corrected chi connectivity index (χ4v) is 3.46. The number of likely N-dealkylation sites (tertiary alicyclic amines) is 1. The van der Waals surface area contributed by atoms with Gasteiger partial charge in [0.15, 0.2) is 0 Å². The smallest absolute Gasteiger partial charge is 0.417 e. The van der Waals surface area contributed by atoms with E-state index in [9.17, 15) is 14.4 Å². The van der Waals surface area contributed by atoms with E-state index < -0.39 is 17.2 Å². The summed E-state index contributed by atoms with van der Waals surface area (Å²) in [7, 11) is 1.39. The summed E-state index contributed by atoms with van der Waals surface area (Å²) in [4.78, 5) is 37.5. The van der Waals surface area contributed by atoms with Crippen LogP contribution >= 0.6 is 0 Å². The van der Waals surface area contributed by atoms with Gasteiger partial charge in [-0.2, -0.15) is 0 Å². The molecule has 1 saturated carbocycles. The molecule has 2 rings (SSSR count). The molecule has 22 heavy (non-hydrogen) atoms. The van der Waals surface area contributed by atoms with Gasteiger partial charge in [0.05, 0.1) is 18.6 Å². The van der Waals surface area contributed by atoms with E-state index in [0.29, 0.717) is 38.5 Å². The zero-order valence-electron chi connectivity index (χ0n) is 13.8. The summed E-state index contributed by atoms with van der Waals surface area (Å²) in [5.41, 5.74) is -1.12. The minimum Gasteiger partial charge on any atom is -0.469 e. The van der Waals surface area contributed by atoms with Crippen LogP contribution in [-0.2, 0) is 19.1 Å². The van der Waals surface area contributed by atoms with Crippen molar-refractivity contribution in [3.05, 3.63) is 0 Å². The van der Waals surface area contributed by atoms with Crippen molar-refractivity contribution in [2.45, 2.75) is 70.4 Å². The second-order valence-electron chi connectivity index (χ2n) is 7.23. The van der Waals surface area contributed by atoms with Crippen LogP contribution in [0.15, 0.2) is 0 Å². The lowest BCUT2D eigenvalue weighted by Gasteiger charge is -2.42. The van der Waals surface area contributed by atoms with Crippen LogP contribution in [0.5, 0.6) is 0 Å². The van der Waals surface area contributed by atoms with E-state index in [2.05, 4.69) is 0 Å². The third kappa shape index (κ3) is 3.25. The van der Waals surface area contributed by atoms with Gasteiger partial charge in [-0.05, 0) is 52.9 Å². The molecule has 0 N–H and O–H groups in total. The maximum atomic E-state index is 12.4. The number of ether oxygens (including phenoxy) is 2. The second kappa shape index (κ2) is 5.89. The summed E-state index contributed by atoms with van der Waals surface area (Å²) < 4.78 is 10.2. The van der Waals surface area contributed by atoms with E-state index in [1.807, 2.05) is 0 Å². The van der Waals surface area contributed by atoms with Crippen molar-refractivity contribution in [3.8, 4) is 0 Å². The highest BCUT2D eigenvalue weighted by Crippen LogP contribution is 2.44. The molecule has 0 bridgehead atoms. The van der Waals surface area contributed by atoms with Gasteiger partial charge in [0.1, 0.15) is 5.60 Å². The van der Waals surface area contributed by atoms with Crippen LogP contribution < -0.4 is 0 Å². The van der Waals surface area contributed by atoms with Crippen LogP contribution in [0.3, 0.4) is 0 Å². The summed E-state index contributed by atoms with van der Waals surface area (Å²) in [6.45, 7) is 5.35. The predicted molar refractivity (Wildman–Crippen MR) is 79.0 cm³/mol. The fraction of sp³-hybridized carbons (Fsp3) is 0.812. The van der Waals surface area contributed by atoms with Crippen LogP contribution in [0.1, 0.15) is 59.3 Å². The van der Waals surface area contributed by atoms with Gasteiger partial charge in [-0.15, -0.1) is 0 Å². The molecule has 1 saturated heterocycles. The number of carbonyl (C=O) groups excluding carboxylic acids is 3. The quantitative estimate of drug-likeness (QED) is 0.696. The molecule has 0 aromatic carbocycles. The van der Waals surface area contributed by atoms with Crippen LogP contribution in [-0.4, -0.2) is 41.1 Å². The number of rotatable bonds is 1. The number of esters is 1. The van der Waals surface area contributed by atoms with Gasteiger partial charge >= 0.3 is 12.1 Å². The van der Waals surface area contributed by atoms with Crippen LogP contribution in [0.25, 0.3) is 0 Å².